The minimum Gasteiger partial charge on any atom is -0.390 e. The van der Waals surface area contributed by atoms with Crippen LogP contribution in [0.2, 0.25) is 0 Å². The van der Waals surface area contributed by atoms with Gasteiger partial charge in [-0.25, -0.2) is 0 Å². The van der Waals surface area contributed by atoms with Crippen LogP contribution in [-0.2, 0) is 9.59 Å². The standard InChI is InChI=1S/C12H21NO3/c1-4-5-9(13-3)11(15)10(14)8-6-12(2,16)7-8/h8-9,13,16H,4-7H2,1-3H3. The molecular formula is C12H21NO3. The van der Waals surface area contributed by atoms with Crippen LogP contribution in [0.4, 0.5) is 0 Å². The minimum atomic E-state index is -0.750. The summed E-state index contributed by atoms with van der Waals surface area (Å²) in [6, 6.07) is -0.358. The fourth-order valence-electron chi connectivity index (χ4n) is 2.26. The lowest BCUT2D eigenvalue weighted by Crippen LogP contribution is -2.49. The molecule has 0 aromatic rings. The molecule has 4 nitrogen and oxygen atoms in total. The molecule has 2 N–H and O–H groups in total. The quantitative estimate of drug-likeness (QED) is 0.655. The first-order valence-electron chi connectivity index (χ1n) is 5.89. The first-order valence-corrected chi connectivity index (χ1v) is 5.89. The third-order valence-corrected chi connectivity index (χ3v) is 3.23. The minimum absolute atomic E-state index is 0.268. The van der Waals surface area contributed by atoms with Crippen LogP contribution in [0.5, 0.6) is 0 Å². The first kappa shape index (κ1) is 13.3. The number of nitrogens with one attached hydrogen (secondary N) is 1. The Morgan fingerprint density at radius 1 is 1.50 bits per heavy atom. The molecule has 0 aromatic carbocycles. The second-order valence-electron chi connectivity index (χ2n) is 4.96. The van der Waals surface area contributed by atoms with Gasteiger partial charge in [0.15, 0.2) is 0 Å². The molecule has 1 atom stereocenters. The van der Waals surface area contributed by atoms with E-state index in [2.05, 4.69) is 5.32 Å². The third kappa shape index (κ3) is 2.89. The molecule has 1 aliphatic carbocycles. The van der Waals surface area contributed by atoms with Gasteiger partial charge in [-0.3, -0.25) is 9.59 Å². The zero-order valence-corrected chi connectivity index (χ0v) is 10.2. The number of hydrogen-bond donors (Lipinski definition) is 2. The van der Waals surface area contributed by atoms with Crippen LogP contribution in [-0.4, -0.2) is 35.4 Å². The van der Waals surface area contributed by atoms with Crippen molar-refractivity contribution in [3.63, 3.8) is 0 Å². The van der Waals surface area contributed by atoms with Crippen LogP contribution in [0.1, 0.15) is 39.5 Å². The molecule has 1 unspecified atom stereocenters. The van der Waals surface area contributed by atoms with Crippen LogP contribution in [0.3, 0.4) is 0 Å². The summed E-state index contributed by atoms with van der Waals surface area (Å²) in [5.74, 6) is -0.917. The van der Waals surface area contributed by atoms with Crippen molar-refractivity contribution in [2.24, 2.45) is 5.92 Å². The number of aliphatic hydroxyl groups is 1. The van der Waals surface area contributed by atoms with Crippen molar-refractivity contribution in [2.75, 3.05) is 7.05 Å². The number of hydrogen-bond acceptors (Lipinski definition) is 4. The molecule has 0 bridgehead atoms. The number of carbonyl (C=O) groups is 2. The van der Waals surface area contributed by atoms with Crippen molar-refractivity contribution < 1.29 is 14.7 Å². The van der Waals surface area contributed by atoms with Crippen molar-refractivity contribution in [2.45, 2.75) is 51.2 Å². The van der Waals surface area contributed by atoms with E-state index in [0.717, 1.165) is 6.42 Å². The summed E-state index contributed by atoms with van der Waals surface area (Å²) >= 11 is 0. The maximum absolute atomic E-state index is 11.8. The monoisotopic (exact) mass is 227 g/mol. The lowest BCUT2D eigenvalue weighted by atomic mass is 9.69. The van der Waals surface area contributed by atoms with E-state index < -0.39 is 5.60 Å². The highest BCUT2D eigenvalue weighted by Crippen LogP contribution is 2.38. The molecule has 0 heterocycles. The highest BCUT2D eigenvalue weighted by atomic mass is 16.3. The number of rotatable bonds is 6. The van der Waals surface area contributed by atoms with E-state index in [4.69, 9.17) is 0 Å². The maximum atomic E-state index is 11.8. The van der Waals surface area contributed by atoms with Crippen LogP contribution in [0.15, 0.2) is 0 Å². The van der Waals surface area contributed by atoms with Crippen molar-refractivity contribution in [1.82, 2.24) is 5.32 Å². The first-order chi connectivity index (χ1) is 7.41. The van der Waals surface area contributed by atoms with Crippen LogP contribution in [0, 0.1) is 5.92 Å². The summed E-state index contributed by atoms with van der Waals surface area (Å²) in [5, 5.41) is 12.4. The van der Waals surface area contributed by atoms with Crippen molar-refractivity contribution >= 4 is 11.6 Å². The fourth-order valence-corrected chi connectivity index (χ4v) is 2.26. The van der Waals surface area contributed by atoms with E-state index in [1.807, 2.05) is 6.92 Å². The summed E-state index contributed by atoms with van der Waals surface area (Å²) in [7, 11) is 1.70. The highest BCUT2D eigenvalue weighted by molar-refractivity contribution is 6.40. The normalized spacial score (nSPS) is 30.6. The summed E-state index contributed by atoms with van der Waals surface area (Å²) in [6.07, 6.45) is 2.39. The Kier molecular flexibility index (Phi) is 4.21. The van der Waals surface area contributed by atoms with Crippen molar-refractivity contribution in [3.05, 3.63) is 0 Å². The molecule has 0 aromatic heterocycles. The van der Waals surface area contributed by atoms with Gasteiger partial charge >= 0.3 is 0 Å². The molecule has 4 heteroatoms. The van der Waals surface area contributed by atoms with E-state index in [-0.39, 0.29) is 23.5 Å². The molecule has 0 aliphatic heterocycles. The summed E-state index contributed by atoms with van der Waals surface area (Å²) in [4.78, 5) is 23.6. The molecule has 1 saturated carbocycles. The Hall–Kier alpha value is -0.740. The average Bonchev–Trinajstić information content (AvgIpc) is 2.20. The van der Waals surface area contributed by atoms with Gasteiger partial charge in [-0.05, 0) is 33.2 Å². The molecule has 16 heavy (non-hydrogen) atoms. The summed E-state index contributed by atoms with van der Waals surface area (Å²) in [5.41, 5.74) is -0.750. The molecule has 92 valence electrons. The van der Waals surface area contributed by atoms with Gasteiger partial charge in [0.05, 0.1) is 11.6 Å². The number of carbonyl (C=O) groups excluding carboxylic acids is 2. The predicted molar refractivity (Wildman–Crippen MR) is 61.1 cm³/mol. The molecule has 0 spiro atoms. The molecule has 0 amide bonds. The third-order valence-electron chi connectivity index (χ3n) is 3.23. The van der Waals surface area contributed by atoms with Gasteiger partial charge < -0.3 is 10.4 Å². The van der Waals surface area contributed by atoms with Gasteiger partial charge in [-0.2, -0.15) is 0 Å². The summed E-state index contributed by atoms with van der Waals surface area (Å²) in [6.45, 7) is 3.68. The Bertz CT molecular complexity index is 278. The maximum Gasteiger partial charge on any atom is 0.215 e. The average molecular weight is 227 g/mol. The Labute approximate surface area is 96.4 Å². The highest BCUT2D eigenvalue weighted by Gasteiger charge is 2.45. The second kappa shape index (κ2) is 5.06. The van der Waals surface area contributed by atoms with E-state index in [9.17, 15) is 14.7 Å². The van der Waals surface area contributed by atoms with E-state index in [1.165, 1.54) is 0 Å². The van der Waals surface area contributed by atoms with Crippen LogP contribution < -0.4 is 5.32 Å². The molecule has 0 radical (unpaired) electrons. The lowest BCUT2D eigenvalue weighted by Gasteiger charge is -2.39. The van der Waals surface area contributed by atoms with Gasteiger partial charge in [0.1, 0.15) is 0 Å². The van der Waals surface area contributed by atoms with Crippen LogP contribution in [0.25, 0.3) is 0 Å². The van der Waals surface area contributed by atoms with Gasteiger partial charge in [0.25, 0.3) is 0 Å². The smallest absolute Gasteiger partial charge is 0.215 e. The SMILES string of the molecule is CCCC(NC)C(=O)C(=O)C1CC(C)(O)C1. The van der Waals surface area contributed by atoms with Crippen LogP contribution >= 0.6 is 0 Å². The number of ketones is 2. The fraction of sp³-hybridized carbons (Fsp3) is 0.833. The summed E-state index contributed by atoms with van der Waals surface area (Å²) < 4.78 is 0. The second-order valence-corrected chi connectivity index (χ2v) is 4.96. The Balaban J connectivity index is 2.51. The molecule has 1 fully saturated rings. The molecule has 1 aliphatic rings. The zero-order chi connectivity index (χ0) is 12.3. The van der Waals surface area contributed by atoms with Crippen molar-refractivity contribution in [3.8, 4) is 0 Å². The lowest BCUT2D eigenvalue weighted by molar-refractivity contribution is -0.148. The van der Waals surface area contributed by atoms with E-state index in [1.54, 1.807) is 14.0 Å². The van der Waals surface area contributed by atoms with Crippen molar-refractivity contribution in [1.29, 1.82) is 0 Å². The molecular weight excluding hydrogens is 206 g/mol. The zero-order valence-electron chi connectivity index (χ0n) is 10.2. The largest absolute Gasteiger partial charge is 0.390 e. The Morgan fingerprint density at radius 2 is 2.06 bits per heavy atom. The predicted octanol–water partition coefficient (Wildman–Crippen LogP) is 0.674. The van der Waals surface area contributed by atoms with Gasteiger partial charge in [-0.1, -0.05) is 13.3 Å². The number of likely N-dealkylation sites (N-methyl/N-ethyl adjacent to an activating group) is 1. The van der Waals surface area contributed by atoms with Gasteiger partial charge in [-0.15, -0.1) is 0 Å². The molecule has 0 saturated heterocycles. The Morgan fingerprint density at radius 3 is 2.44 bits per heavy atom. The number of Topliss-reactive ketones (excluding diaryl/α,β-unsaturated/α-hetero) is 2. The van der Waals surface area contributed by atoms with E-state index >= 15 is 0 Å². The topological polar surface area (TPSA) is 66.4 Å². The molecule has 1 rings (SSSR count). The van der Waals surface area contributed by atoms with E-state index in [0.29, 0.717) is 19.3 Å². The van der Waals surface area contributed by atoms with Gasteiger partial charge in [0, 0.05) is 5.92 Å². The van der Waals surface area contributed by atoms with Gasteiger partial charge in [0.2, 0.25) is 11.6 Å².